The first-order valence-electron chi connectivity index (χ1n) is 6.72. The van der Waals surface area contributed by atoms with Crippen LogP contribution in [0.25, 0.3) is 11.4 Å². The summed E-state index contributed by atoms with van der Waals surface area (Å²) in [4.78, 5) is 19.9. The van der Waals surface area contributed by atoms with Crippen LogP contribution in [0.4, 0.5) is 5.82 Å². The Morgan fingerprint density at radius 1 is 1.24 bits per heavy atom. The van der Waals surface area contributed by atoms with Crippen molar-refractivity contribution in [1.82, 2.24) is 9.97 Å². The Hall–Kier alpha value is -2.43. The van der Waals surface area contributed by atoms with Gasteiger partial charge >= 0.3 is 5.97 Å². The molecule has 5 heteroatoms. The molecule has 5 nitrogen and oxygen atoms in total. The molecule has 0 atom stereocenters. The number of rotatable bonds is 3. The molecule has 1 heterocycles. The third-order valence-electron chi connectivity index (χ3n) is 2.90. The van der Waals surface area contributed by atoms with Crippen LogP contribution in [-0.4, -0.2) is 26.6 Å². The molecular weight excluding hydrogens is 266 g/mol. The number of carboxylic acids is 1. The van der Waals surface area contributed by atoms with Gasteiger partial charge in [0.05, 0.1) is 0 Å². The van der Waals surface area contributed by atoms with Crippen LogP contribution < -0.4 is 5.32 Å². The fourth-order valence-electron chi connectivity index (χ4n) is 1.94. The van der Waals surface area contributed by atoms with Crippen molar-refractivity contribution in [3.63, 3.8) is 0 Å². The minimum atomic E-state index is -1.04. The second-order valence-electron chi connectivity index (χ2n) is 5.95. The molecule has 0 spiro atoms. The van der Waals surface area contributed by atoms with Gasteiger partial charge in [-0.05, 0) is 33.3 Å². The van der Waals surface area contributed by atoms with E-state index >= 15 is 0 Å². The molecule has 1 aromatic heterocycles. The van der Waals surface area contributed by atoms with Gasteiger partial charge in [-0.3, -0.25) is 0 Å². The maximum absolute atomic E-state index is 11.3. The van der Waals surface area contributed by atoms with Gasteiger partial charge in [-0.1, -0.05) is 24.3 Å². The van der Waals surface area contributed by atoms with E-state index in [1.54, 1.807) is 0 Å². The van der Waals surface area contributed by atoms with Crippen molar-refractivity contribution in [2.45, 2.75) is 33.2 Å². The molecule has 0 unspecified atom stereocenters. The summed E-state index contributed by atoms with van der Waals surface area (Å²) < 4.78 is 0. The Balaban J connectivity index is 2.54. The number of anilines is 1. The normalized spacial score (nSPS) is 11.2. The molecule has 0 aliphatic carbocycles. The largest absolute Gasteiger partial charge is 0.477 e. The van der Waals surface area contributed by atoms with E-state index in [0.29, 0.717) is 11.6 Å². The number of carboxylic acid groups (broad SMARTS) is 1. The van der Waals surface area contributed by atoms with Gasteiger partial charge in [-0.2, -0.15) is 0 Å². The predicted octanol–water partition coefficient (Wildman–Crippen LogP) is 3.36. The highest BCUT2D eigenvalue weighted by atomic mass is 16.4. The van der Waals surface area contributed by atoms with E-state index in [9.17, 15) is 9.90 Å². The fourth-order valence-corrected chi connectivity index (χ4v) is 1.94. The second-order valence-corrected chi connectivity index (χ2v) is 5.95. The summed E-state index contributed by atoms with van der Waals surface area (Å²) in [6.45, 7) is 7.83. The minimum Gasteiger partial charge on any atom is -0.477 e. The van der Waals surface area contributed by atoms with Crippen molar-refractivity contribution in [2.75, 3.05) is 5.32 Å². The Morgan fingerprint density at radius 2 is 1.90 bits per heavy atom. The molecule has 0 saturated carbocycles. The standard InChI is InChI=1S/C16H19N3O2/c1-10-7-5-6-8-11(10)13-17-9-12(15(20)21)14(18-13)19-16(2,3)4/h5-9H,1-4H3,(H,20,21)(H,17,18,19). The van der Waals surface area contributed by atoms with E-state index in [0.717, 1.165) is 11.1 Å². The van der Waals surface area contributed by atoms with Crippen molar-refractivity contribution in [2.24, 2.45) is 0 Å². The summed E-state index contributed by atoms with van der Waals surface area (Å²) in [5, 5.41) is 12.4. The molecule has 2 rings (SSSR count). The number of aromatic carboxylic acids is 1. The van der Waals surface area contributed by atoms with Crippen LogP contribution in [-0.2, 0) is 0 Å². The third-order valence-corrected chi connectivity index (χ3v) is 2.90. The first-order valence-corrected chi connectivity index (χ1v) is 6.72. The summed E-state index contributed by atoms with van der Waals surface area (Å²) in [6, 6.07) is 7.75. The van der Waals surface area contributed by atoms with Crippen LogP contribution in [0.1, 0.15) is 36.7 Å². The lowest BCUT2D eigenvalue weighted by Gasteiger charge is -2.22. The number of aromatic nitrogens is 2. The predicted molar refractivity (Wildman–Crippen MR) is 82.5 cm³/mol. The highest BCUT2D eigenvalue weighted by molar-refractivity contribution is 5.93. The van der Waals surface area contributed by atoms with E-state index in [1.165, 1.54) is 6.20 Å². The quantitative estimate of drug-likeness (QED) is 0.904. The van der Waals surface area contributed by atoms with Gasteiger partial charge in [0.1, 0.15) is 11.4 Å². The Morgan fingerprint density at radius 3 is 2.48 bits per heavy atom. The van der Waals surface area contributed by atoms with Crippen LogP contribution in [0, 0.1) is 6.92 Å². The van der Waals surface area contributed by atoms with E-state index in [1.807, 2.05) is 52.0 Å². The first kappa shape index (κ1) is 15.0. The summed E-state index contributed by atoms with van der Waals surface area (Å²) in [5.41, 5.74) is 1.72. The van der Waals surface area contributed by atoms with E-state index in [2.05, 4.69) is 15.3 Å². The lowest BCUT2D eigenvalue weighted by Crippen LogP contribution is -2.28. The molecule has 0 amide bonds. The number of hydrogen-bond donors (Lipinski definition) is 2. The van der Waals surface area contributed by atoms with Crippen molar-refractivity contribution in [3.8, 4) is 11.4 Å². The topological polar surface area (TPSA) is 75.1 Å². The Bertz CT molecular complexity index is 675. The number of carbonyl (C=O) groups is 1. The number of nitrogens with one attached hydrogen (secondary N) is 1. The monoisotopic (exact) mass is 285 g/mol. The molecule has 1 aromatic carbocycles. The second kappa shape index (κ2) is 5.52. The highest BCUT2D eigenvalue weighted by Gasteiger charge is 2.19. The van der Waals surface area contributed by atoms with Gasteiger partial charge in [0.2, 0.25) is 0 Å². The van der Waals surface area contributed by atoms with Crippen LogP contribution in [0.15, 0.2) is 30.5 Å². The van der Waals surface area contributed by atoms with Crippen molar-refractivity contribution in [3.05, 3.63) is 41.6 Å². The highest BCUT2D eigenvalue weighted by Crippen LogP contribution is 2.24. The average molecular weight is 285 g/mol. The number of aryl methyl sites for hydroxylation is 1. The van der Waals surface area contributed by atoms with Crippen molar-refractivity contribution in [1.29, 1.82) is 0 Å². The minimum absolute atomic E-state index is 0.0715. The molecule has 0 saturated heterocycles. The summed E-state index contributed by atoms with van der Waals surface area (Å²) in [6.07, 6.45) is 1.35. The van der Waals surface area contributed by atoms with E-state index < -0.39 is 5.97 Å². The molecule has 0 radical (unpaired) electrons. The van der Waals surface area contributed by atoms with E-state index in [4.69, 9.17) is 0 Å². The number of nitrogens with zero attached hydrogens (tertiary/aromatic N) is 2. The van der Waals surface area contributed by atoms with Crippen LogP contribution in [0.5, 0.6) is 0 Å². The first-order chi connectivity index (χ1) is 9.78. The Kier molecular flexibility index (Phi) is 3.93. The molecule has 21 heavy (non-hydrogen) atoms. The zero-order valence-corrected chi connectivity index (χ0v) is 12.6. The van der Waals surface area contributed by atoms with Crippen LogP contribution >= 0.6 is 0 Å². The summed E-state index contributed by atoms with van der Waals surface area (Å²) in [5.74, 6) is -0.189. The van der Waals surface area contributed by atoms with Crippen molar-refractivity contribution >= 4 is 11.8 Å². The van der Waals surface area contributed by atoms with Gasteiger partial charge in [-0.15, -0.1) is 0 Å². The van der Waals surface area contributed by atoms with Crippen molar-refractivity contribution < 1.29 is 9.90 Å². The van der Waals surface area contributed by atoms with Crippen LogP contribution in [0.2, 0.25) is 0 Å². The fraction of sp³-hybridized carbons (Fsp3) is 0.312. The number of benzene rings is 1. The maximum Gasteiger partial charge on any atom is 0.341 e. The molecule has 0 bridgehead atoms. The van der Waals surface area contributed by atoms with Gasteiger partial charge in [0.25, 0.3) is 0 Å². The molecule has 2 N–H and O–H groups in total. The van der Waals surface area contributed by atoms with Gasteiger partial charge < -0.3 is 10.4 Å². The maximum atomic E-state index is 11.3. The molecule has 110 valence electrons. The zero-order chi connectivity index (χ0) is 15.6. The molecular formula is C16H19N3O2. The smallest absolute Gasteiger partial charge is 0.341 e. The molecule has 2 aromatic rings. The summed E-state index contributed by atoms with van der Waals surface area (Å²) in [7, 11) is 0. The lowest BCUT2D eigenvalue weighted by atomic mass is 10.1. The van der Waals surface area contributed by atoms with Crippen LogP contribution in [0.3, 0.4) is 0 Å². The molecule has 0 aliphatic rings. The zero-order valence-electron chi connectivity index (χ0n) is 12.6. The SMILES string of the molecule is Cc1ccccc1-c1ncc(C(=O)O)c(NC(C)(C)C)n1. The molecule has 0 fully saturated rings. The van der Waals surface area contributed by atoms with Gasteiger partial charge in [0, 0.05) is 17.3 Å². The van der Waals surface area contributed by atoms with Gasteiger partial charge in [0.15, 0.2) is 5.82 Å². The average Bonchev–Trinajstić information content (AvgIpc) is 2.37. The van der Waals surface area contributed by atoms with Gasteiger partial charge in [-0.25, -0.2) is 14.8 Å². The summed E-state index contributed by atoms with van der Waals surface area (Å²) >= 11 is 0. The lowest BCUT2D eigenvalue weighted by molar-refractivity contribution is 0.0697. The third kappa shape index (κ3) is 3.56. The molecule has 0 aliphatic heterocycles. The Labute approximate surface area is 124 Å². The number of hydrogen-bond acceptors (Lipinski definition) is 4. The van der Waals surface area contributed by atoms with E-state index in [-0.39, 0.29) is 11.1 Å².